The summed E-state index contributed by atoms with van der Waals surface area (Å²) >= 11 is 1.25. The van der Waals surface area contributed by atoms with Crippen LogP contribution in [0.2, 0.25) is 0 Å². The van der Waals surface area contributed by atoms with Crippen molar-refractivity contribution in [3.05, 3.63) is 11.1 Å². The predicted molar refractivity (Wildman–Crippen MR) is 72.3 cm³/mol. The zero-order valence-corrected chi connectivity index (χ0v) is 12.2. The highest BCUT2D eigenvalue weighted by atomic mass is 32.1. The van der Waals surface area contributed by atoms with Gasteiger partial charge in [0, 0.05) is 5.38 Å². The summed E-state index contributed by atoms with van der Waals surface area (Å²) in [5.41, 5.74) is 0.238. The zero-order chi connectivity index (χ0) is 14.4. The highest BCUT2D eigenvalue weighted by Crippen LogP contribution is 2.19. The Morgan fingerprint density at radius 1 is 1.47 bits per heavy atom. The van der Waals surface area contributed by atoms with Crippen LogP contribution in [-0.4, -0.2) is 36.7 Å². The van der Waals surface area contributed by atoms with E-state index in [1.54, 1.807) is 12.3 Å². The summed E-state index contributed by atoms with van der Waals surface area (Å²) in [5, 5.41) is 5.06. The lowest BCUT2D eigenvalue weighted by atomic mass is 10.1. The average molecular weight is 286 g/mol. The van der Waals surface area contributed by atoms with Gasteiger partial charge in [-0.1, -0.05) is 13.8 Å². The van der Waals surface area contributed by atoms with Crippen LogP contribution in [-0.2, 0) is 14.3 Å². The molecule has 0 aromatic carbocycles. The van der Waals surface area contributed by atoms with Crippen molar-refractivity contribution in [2.75, 3.05) is 19.0 Å². The Hall–Kier alpha value is -1.63. The summed E-state index contributed by atoms with van der Waals surface area (Å²) < 4.78 is 9.57. The minimum absolute atomic E-state index is 0.0439. The molecular formula is C12H18N2O4S. The van der Waals surface area contributed by atoms with Gasteiger partial charge in [-0.15, -0.1) is 11.3 Å². The minimum Gasteiger partial charge on any atom is -0.467 e. The number of nitrogens with one attached hydrogen (secondary N) is 1. The third kappa shape index (κ3) is 4.20. The van der Waals surface area contributed by atoms with E-state index in [2.05, 4.69) is 10.3 Å². The summed E-state index contributed by atoms with van der Waals surface area (Å²) in [5.74, 6) is -0.781. The van der Waals surface area contributed by atoms with Crippen LogP contribution >= 0.6 is 11.3 Å². The van der Waals surface area contributed by atoms with E-state index >= 15 is 0 Å². The Bertz CT molecular complexity index is 445. The lowest BCUT2D eigenvalue weighted by Crippen LogP contribution is -2.35. The Balaban J connectivity index is 2.76. The zero-order valence-electron chi connectivity index (χ0n) is 11.4. The van der Waals surface area contributed by atoms with Crippen LogP contribution < -0.4 is 5.32 Å². The second kappa shape index (κ2) is 7.08. The van der Waals surface area contributed by atoms with Crippen molar-refractivity contribution in [2.45, 2.75) is 26.8 Å². The molecule has 0 aliphatic heterocycles. The largest absolute Gasteiger partial charge is 0.467 e. The maximum absolute atomic E-state index is 11.6. The minimum atomic E-state index is -0.494. The van der Waals surface area contributed by atoms with Gasteiger partial charge in [0.1, 0.15) is 6.04 Å². The first-order chi connectivity index (χ1) is 8.99. The van der Waals surface area contributed by atoms with Gasteiger partial charge in [0.05, 0.1) is 13.7 Å². The van der Waals surface area contributed by atoms with Crippen molar-refractivity contribution in [3.63, 3.8) is 0 Å². The molecule has 1 atom stereocenters. The number of hydrogen-bond donors (Lipinski definition) is 1. The number of rotatable bonds is 6. The average Bonchev–Trinajstić information content (AvgIpc) is 2.83. The molecule has 0 spiro atoms. The van der Waals surface area contributed by atoms with Crippen molar-refractivity contribution in [2.24, 2.45) is 5.92 Å². The van der Waals surface area contributed by atoms with Crippen LogP contribution in [0.15, 0.2) is 5.38 Å². The Labute approximate surface area is 116 Å². The fourth-order valence-electron chi connectivity index (χ4n) is 1.40. The number of thiazole rings is 1. The van der Waals surface area contributed by atoms with Crippen LogP contribution in [0.1, 0.15) is 31.3 Å². The van der Waals surface area contributed by atoms with Gasteiger partial charge >= 0.3 is 11.9 Å². The maximum atomic E-state index is 11.6. The van der Waals surface area contributed by atoms with Crippen molar-refractivity contribution >= 4 is 28.4 Å². The summed E-state index contributed by atoms with van der Waals surface area (Å²) in [4.78, 5) is 27.2. The normalized spacial score (nSPS) is 12.1. The van der Waals surface area contributed by atoms with Crippen molar-refractivity contribution in [1.82, 2.24) is 4.98 Å². The summed E-state index contributed by atoms with van der Waals surface area (Å²) in [6, 6.07) is -0.494. The van der Waals surface area contributed by atoms with E-state index in [-0.39, 0.29) is 17.6 Å². The van der Waals surface area contributed by atoms with Gasteiger partial charge < -0.3 is 14.8 Å². The van der Waals surface area contributed by atoms with Crippen LogP contribution in [0.4, 0.5) is 5.13 Å². The fraction of sp³-hybridized carbons (Fsp3) is 0.583. The number of methoxy groups -OCH3 is 1. The lowest BCUT2D eigenvalue weighted by Gasteiger charge is -2.18. The number of anilines is 1. The molecule has 1 heterocycles. The number of ether oxygens (including phenoxy) is 2. The SMILES string of the molecule is CCOC(=O)c1csc(NC(C(=O)OC)C(C)C)n1. The molecule has 0 saturated carbocycles. The number of hydrogen-bond acceptors (Lipinski definition) is 7. The Kier molecular flexibility index (Phi) is 5.75. The molecule has 1 N–H and O–H groups in total. The quantitative estimate of drug-likeness (QED) is 0.805. The second-order valence-corrected chi connectivity index (χ2v) is 5.01. The van der Waals surface area contributed by atoms with Gasteiger partial charge in [-0.2, -0.15) is 0 Å². The van der Waals surface area contributed by atoms with E-state index in [9.17, 15) is 9.59 Å². The molecule has 106 valence electrons. The molecule has 7 heteroatoms. The molecule has 1 unspecified atom stereocenters. The van der Waals surface area contributed by atoms with Crippen molar-refractivity contribution < 1.29 is 19.1 Å². The number of carbonyl (C=O) groups excluding carboxylic acids is 2. The second-order valence-electron chi connectivity index (χ2n) is 4.15. The van der Waals surface area contributed by atoms with Crippen molar-refractivity contribution in [3.8, 4) is 0 Å². The predicted octanol–water partition coefficient (Wildman–Crippen LogP) is 1.93. The first-order valence-corrected chi connectivity index (χ1v) is 6.84. The van der Waals surface area contributed by atoms with Gasteiger partial charge in [-0.3, -0.25) is 0 Å². The molecular weight excluding hydrogens is 268 g/mol. The summed E-state index contributed by atoms with van der Waals surface area (Å²) in [7, 11) is 1.34. The molecule has 1 aromatic rings. The molecule has 1 aromatic heterocycles. The van der Waals surface area contributed by atoms with Crippen LogP contribution in [0.25, 0.3) is 0 Å². The molecule has 0 bridgehead atoms. The van der Waals surface area contributed by atoms with Gasteiger partial charge in [-0.25, -0.2) is 14.6 Å². The van der Waals surface area contributed by atoms with Gasteiger partial charge in [0.15, 0.2) is 10.8 Å². The van der Waals surface area contributed by atoms with E-state index in [1.807, 2.05) is 13.8 Å². The number of esters is 2. The van der Waals surface area contributed by atoms with Gasteiger partial charge in [-0.05, 0) is 12.8 Å². The van der Waals surface area contributed by atoms with E-state index in [0.29, 0.717) is 11.7 Å². The van der Waals surface area contributed by atoms with Crippen molar-refractivity contribution in [1.29, 1.82) is 0 Å². The summed E-state index contributed by atoms with van der Waals surface area (Å²) in [6.45, 7) is 5.83. The Morgan fingerprint density at radius 3 is 2.68 bits per heavy atom. The molecule has 6 nitrogen and oxygen atoms in total. The molecule has 19 heavy (non-hydrogen) atoms. The monoisotopic (exact) mass is 286 g/mol. The molecule has 0 saturated heterocycles. The molecule has 0 radical (unpaired) electrons. The van der Waals surface area contributed by atoms with E-state index < -0.39 is 12.0 Å². The number of carbonyl (C=O) groups is 2. The molecule has 0 fully saturated rings. The summed E-state index contributed by atoms with van der Waals surface area (Å²) in [6.07, 6.45) is 0. The highest BCUT2D eigenvalue weighted by Gasteiger charge is 2.24. The Morgan fingerprint density at radius 2 is 2.16 bits per heavy atom. The van der Waals surface area contributed by atoms with Crippen LogP contribution in [0, 0.1) is 5.92 Å². The third-order valence-electron chi connectivity index (χ3n) is 2.39. The van der Waals surface area contributed by atoms with Gasteiger partial charge in [0.2, 0.25) is 0 Å². The third-order valence-corrected chi connectivity index (χ3v) is 3.16. The smallest absolute Gasteiger partial charge is 0.357 e. The topological polar surface area (TPSA) is 77.5 Å². The fourth-order valence-corrected chi connectivity index (χ4v) is 2.11. The first kappa shape index (κ1) is 15.4. The van der Waals surface area contributed by atoms with Crippen LogP contribution in [0.3, 0.4) is 0 Å². The number of aromatic nitrogens is 1. The molecule has 1 rings (SSSR count). The van der Waals surface area contributed by atoms with Crippen LogP contribution in [0.5, 0.6) is 0 Å². The standard InChI is InChI=1S/C12H18N2O4S/c1-5-18-10(15)8-6-19-12(13-8)14-9(7(2)3)11(16)17-4/h6-7,9H,5H2,1-4H3,(H,13,14). The van der Waals surface area contributed by atoms with Gasteiger partial charge in [0.25, 0.3) is 0 Å². The molecule has 0 amide bonds. The molecule has 0 aliphatic carbocycles. The van der Waals surface area contributed by atoms with E-state index in [1.165, 1.54) is 18.4 Å². The van der Waals surface area contributed by atoms with E-state index in [4.69, 9.17) is 9.47 Å². The molecule has 0 aliphatic rings. The highest BCUT2D eigenvalue weighted by molar-refractivity contribution is 7.13. The first-order valence-electron chi connectivity index (χ1n) is 5.96. The lowest BCUT2D eigenvalue weighted by molar-refractivity contribution is -0.142. The maximum Gasteiger partial charge on any atom is 0.357 e. The number of nitrogens with zero attached hydrogens (tertiary/aromatic N) is 1. The van der Waals surface area contributed by atoms with E-state index in [0.717, 1.165) is 0 Å².